The van der Waals surface area contributed by atoms with Gasteiger partial charge in [-0.3, -0.25) is 14.6 Å². The summed E-state index contributed by atoms with van der Waals surface area (Å²) in [5, 5.41) is 10.8. The molecule has 0 aromatic heterocycles. The van der Waals surface area contributed by atoms with Gasteiger partial charge >= 0.3 is 0 Å². The van der Waals surface area contributed by atoms with E-state index in [2.05, 4.69) is 9.80 Å². The maximum absolute atomic E-state index is 13.1. The van der Waals surface area contributed by atoms with Gasteiger partial charge in [0.05, 0.1) is 6.10 Å². The topological polar surface area (TPSA) is 43.8 Å². The van der Waals surface area contributed by atoms with Crippen LogP contribution in [0.4, 0.5) is 4.39 Å². The maximum atomic E-state index is 13.1. The summed E-state index contributed by atoms with van der Waals surface area (Å²) in [7, 11) is 0. The highest BCUT2D eigenvalue weighted by atomic mass is 19.1. The molecule has 2 aromatic rings. The number of β-amino-alcohol motifs (C(OH)–C–C–N with tert-alkyl or cyclic N) is 1. The van der Waals surface area contributed by atoms with Crippen molar-refractivity contribution in [2.24, 2.45) is 5.92 Å². The first-order chi connectivity index (χ1) is 14.5. The van der Waals surface area contributed by atoms with E-state index in [9.17, 15) is 14.3 Å². The number of carbonyl (C=O) groups is 1. The molecule has 0 radical (unpaired) electrons. The standard InChI is InChI=1S/C25H31FN2O2/c1-18-2-6-20(7-3-18)25(30)21-10-14-28(15-11-21)23-12-13-27(17-24(23)29)16-19-4-8-22(26)9-5-19/h2-9,21,23-24,29H,10-17H2,1H3. The lowest BCUT2D eigenvalue weighted by Gasteiger charge is -2.44. The molecule has 30 heavy (non-hydrogen) atoms. The van der Waals surface area contributed by atoms with Gasteiger partial charge in [-0.05, 0) is 57.0 Å². The van der Waals surface area contributed by atoms with Gasteiger partial charge < -0.3 is 5.11 Å². The van der Waals surface area contributed by atoms with Gasteiger partial charge in [0.25, 0.3) is 0 Å². The molecule has 2 aliphatic rings. The molecule has 2 unspecified atom stereocenters. The number of benzene rings is 2. The third-order valence-electron chi connectivity index (χ3n) is 6.66. The lowest BCUT2D eigenvalue weighted by molar-refractivity contribution is -0.0251. The van der Waals surface area contributed by atoms with Crippen molar-refractivity contribution < 1.29 is 14.3 Å². The monoisotopic (exact) mass is 410 g/mol. The minimum Gasteiger partial charge on any atom is -0.390 e. The average Bonchev–Trinajstić information content (AvgIpc) is 2.76. The molecule has 0 amide bonds. The third kappa shape index (κ3) is 4.97. The highest BCUT2D eigenvalue weighted by Crippen LogP contribution is 2.27. The van der Waals surface area contributed by atoms with Gasteiger partial charge in [0.15, 0.2) is 5.78 Å². The maximum Gasteiger partial charge on any atom is 0.166 e. The van der Waals surface area contributed by atoms with Crippen LogP contribution in [0.25, 0.3) is 0 Å². The lowest BCUT2D eigenvalue weighted by Crippen LogP contribution is -2.55. The van der Waals surface area contributed by atoms with E-state index in [1.54, 1.807) is 0 Å². The Labute approximate surface area is 178 Å². The molecular weight excluding hydrogens is 379 g/mol. The first-order valence-corrected chi connectivity index (χ1v) is 11.0. The smallest absolute Gasteiger partial charge is 0.166 e. The Morgan fingerprint density at radius 1 is 1.00 bits per heavy atom. The van der Waals surface area contributed by atoms with Crippen LogP contribution in [0.2, 0.25) is 0 Å². The third-order valence-corrected chi connectivity index (χ3v) is 6.66. The van der Waals surface area contributed by atoms with E-state index in [0.29, 0.717) is 6.54 Å². The van der Waals surface area contributed by atoms with E-state index < -0.39 is 6.10 Å². The highest BCUT2D eigenvalue weighted by molar-refractivity contribution is 5.97. The SMILES string of the molecule is Cc1ccc(C(=O)C2CCN(C3CCN(Cc4ccc(F)cc4)CC3O)CC2)cc1. The van der Waals surface area contributed by atoms with Crippen LogP contribution < -0.4 is 0 Å². The number of Topliss-reactive ketones (excluding diaryl/α,β-unsaturated/α-hetero) is 1. The molecule has 5 heteroatoms. The number of hydrogen-bond donors (Lipinski definition) is 1. The Balaban J connectivity index is 1.27. The molecule has 2 aromatic carbocycles. The second kappa shape index (κ2) is 9.38. The van der Waals surface area contributed by atoms with E-state index >= 15 is 0 Å². The van der Waals surface area contributed by atoms with E-state index in [1.807, 2.05) is 43.3 Å². The normalized spacial score (nSPS) is 24.1. The summed E-state index contributed by atoms with van der Waals surface area (Å²) >= 11 is 0. The van der Waals surface area contributed by atoms with E-state index in [0.717, 1.165) is 56.6 Å². The average molecular weight is 411 g/mol. The number of halogens is 1. The summed E-state index contributed by atoms with van der Waals surface area (Å²) in [4.78, 5) is 17.4. The Hall–Kier alpha value is -2.08. The van der Waals surface area contributed by atoms with Crippen LogP contribution in [0.15, 0.2) is 48.5 Å². The van der Waals surface area contributed by atoms with E-state index in [4.69, 9.17) is 0 Å². The molecule has 1 N–H and O–H groups in total. The Bertz CT molecular complexity index is 844. The second-order valence-electron chi connectivity index (χ2n) is 8.83. The van der Waals surface area contributed by atoms with Crippen molar-refractivity contribution in [3.63, 3.8) is 0 Å². The fourth-order valence-corrected chi connectivity index (χ4v) is 4.85. The molecule has 2 saturated heterocycles. The highest BCUT2D eigenvalue weighted by Gasteiger charge is 2.35. The molecule has 2 aliphatic heterocycles. The number of likely N-dealkylation sites (tertiary alicyclic amines) is 2. The number of aryl methyl sites for hydroxylation is 1. The van der Waals surface area contributed by atoms with Crippen LogP contribution in [-0.2, 0) is 6.54 Å². The molecule has 4 nitrogen and oxygen atoms in total. The first-order valence-electron chi connectivity index (χ1n) is 11.0. The molecule has 0 saturated carbocycles. The van der Waals surface area contributed by atoms with Gasteiger partial charge in [-0.1, -0.05) is 42.0 Å². The lowest BCUT2D eigenvalue weighted by atomic mass is 9.87. The van der Waals surface area contributed by atoms with E-state index in [1.165, 1.54) is 17.7 Å². The van der Waals surface area contributed by atoms with Gasteiger partial charge in [-0.15, -0.1) is 0 Å². The molecule has 4 rings (SSSR count). The predicted octanol–water partition coefficient (Wildman–Crippen LogP) is 3.66. The molecule has 160 valence electrons. The van der Waals surface area contributed by atoms with Crippen molar-refractivity contribution in [1.82, 2.24) is 9.80 Å². The zero-order chi connectivity index (χ0) is 21.1. The van der Waals surface area contributed by atoms with Crippen LogP contribution in [0.5, 0.6) is 0 Å². The van der Waals surface area contributed by atoms with Crippen molar-refractivity contribution in [2.45, 2.75) is 44.9 Å². The van der Waals surface area contributed by atoms with E-state index in [-0.39, 0.29) is 23.6 Å². The van der Waals surface area contributed by atoms with Gasteiger partial charge in [0, 0.05) is 37.2 Å². The number of piperidine rings is 2. The number of rotatable bonds is 5. The molecule has 2 atom stereocenters. The van der Waals surface area contributed by atoms with Crippen molar-refractivity contribution in [2.75, 3.05) is 26.2 Å². The largest absolute Gasteiger partial charge is 0.390 e. The Kier molecular flexibility index (Phi) is 6.61. The predicted molar refractivity (Wildman–Crippen MR) is 116 cm³/mol. The van der Waals surface area contributed by atoms with Gasteiger partial charge in [-0.2, -0.15) is 0 Å². The molecular formula is C25H31FN2O2. The number of aliphatic hydroxyl groups excluding tert-OH is 1. The van der Waals surface area contributed by atoms with Crippen LogP contribution in [-0.4, -0.2) is 59.0 Å². The zero-order valence-corrected chi connectivity index (χ0v) is 17.6. The van der Waals surface area contributed by atoms with Gasteiger partial charge in [0.1, 0.15) is 5.82 Å². The summed E-state index contributed by atoms with van der Waals surface area (Å²) in [6, 6.07) is 14.6. The Morgan fingerprint density at radius 3 is 2.30 bits per heavy atom. The molecule has 0 bridgehead atoms. The number of hydrogen-bond acceptors (Lipinski definition) is 4. The van der Waals surface area contributed by atoms with Crippen LogP contribution in [0.1, 0.15) is 40.7 Å². The molecule has 2 fully saturated rings. The fourth-order valence-electron chi connectivity index (χ4n) is 4.85. The summed E-state index contributed by atoms with van der Waals surface area (Å²) in [6.45, 7) is 6.04. The first kappa shape index (κ1) is 21.2. The van der Waals surface area contributed by atoms with Crippen molar-refractivity contribution in [3.8, 4) is 0 Å². The quantitative estimate of drug-likeness (QED) is 0.764. The Morgan fingerprint density at radius 2 is 1.67 bits per heavy atom. The van der Waals surface area contributed by atoms with Crippen LogP contribution in [0, 0.1) is 18.7 Å². The number of aliphatic hydroxyl groups is 1. The fraction of sp³-hybridized carbons (Fsp3) is 0.480. The second-order valence-corrected chi connectivity index (χ2v) is 8.83. The van der Waals surface area contributed by atoms with Gasteiger partial charge in [-0.25, -0.2) is 4.39 Å². The molecule has 0 spiro atoms. The summed E-state index contributed by atoms with van der Waals surface area (Å²) in [5.41, 5.74) is 3.05. The van der Waals surface area contributed by atoms with Crippen LogP contribution in [0.3, 0.4) is 0 Å². The van der Waals surface area contributed by atoms with Crippen LogP contribution >= 0.6 is 0 Å². The number of ketones is 1. The minimum atomic E-state index is -0.399. The van der Waals surface area contributed by atoms with Crippen molar-refractivity contribution in [3.05, 3.63) is 71.0 Å². The summed E-state index contributed by atoms with van der Waals surface area (Å²) in [5.74, 6) is 0.116. The van der Waals surface area contributed by atoms with Gasteiger partial charge in [0.2, 0.25) is 0 Å². The minimum absolute atomic E-state index is 0.0830. The number of carbonyl (C=O) groups excluding carboxylic acids is 1. The zero-order valence-electron chi connectivity index (χ0n) is 17.6. The number of nitrogens with zero attached hydrogens (tertiary/aromatic N) is 2. The summed E-state index contributed by atoms with van der Waals surface area (Å²) < 4.78 is 13.1. The van der Waals surface area contributed by atoms with Crippen molar-refractivity contribution in [1.29, 1.82) is 0 Å². The molecule has 0 aliphatic carbocycles. The molecule has 2 heterocycles. The summed E-state index contributed by atoms with van der Waals surface area (Å²) in [6.07, 6.45) is 2.23. The van der Waals surface area contributed by atoms with Crippen molar-refractivity contribution >= 4 is 5.78 Å².